The molecule has 7 heteroatoms. The van der Waals surface area contributed by atoms with Crippen LogP contribution in [-0.4, -0.2) is 21.1 Å². The van der Waals surface area contributed by atoms with Gasteiger partial charge in [-0.3, -0.25) is 9.78 Å². The summed E-state index contributed by atoms with van der Waals surface area (Å²) in [6, 6.07) is 9.50. The van der Waals surface area contributed by atoms with Crippen molar-refractivity contribution >= 4 is 11.6 Å². The molecule has 0 bridgehead atoms. The van der Waals surface area contributed by atoms with E-state index >= 15 is 0 Å². The van der Waals surface area contributed by atoms with Crippen LogP contribution in [0.2, 0.25) is 0 Å². The molecule has 2 heterocycles. The molecule has 0 spiro atoms. The molecule has 0 fully saturated rings. The molecule has 116 valence electrons. The van der Waals surface area contributed by atoms with E-state index in [4.69, 9.17) is 4.42 Å². The third-order valence-corrected chi connectivity index (χ3v) is 3.11. The Morgan fingerprint density at radius 2 is 1.91 bits per heavy atom. The molecule has 0 aliphatic heterocycles. The molecule has 1 amide bonds. The number of hydrogen-bond acceptors (Lipinski definition) is 5. The highest BCUT2D eigenvalue weighted by molar-refractivity contribution is 5.90. The minimum absolute atomic E-state index is 0.117. The van der Waals surface area contributed by atoms with Gasteiger partial charge in [0.1, 0.15) is 5.82 Å². The van der Waals surface area contributed by atoms with Crippen molar-refractivity contribution in [2.45, 2.75) is 12.8 Å². The van der Waals surface area contributed by atoms with Gasteiger partial charge in [-0.25, -0.2) is 4.39 Å². The molecule has 0 aliphatic carbocycles. The molecule has 0 atom stereocenters. The van der Waals surface area contributed by atoms with Gasteiger partial charge in [-0.2, -0.15) is 0 Å². The Hall–Kier alpha value is -3.09. The monoisotopic (exact) mass is 312 g/mol. The number of rotatable bonds is 5. The van der Waals surface area contributed by atoms with Crippen molar-refractivity contribution in [3.8, 4) is 11.5 Å². The van der Waals surface area contributed by atoms with Crippen molar-refractivity contribution in [2.24, 2.45) is 0 Å². The lowest BCUT2D eigenvalue weighted by Gasteiger charge is -2.04. The Kier molecular flexibility index (Phi) is 4.37. The van der Waals surface area contributed by atoms with Gasteiger partial charge in [-0.15, -0.1) is 10.2 Å². The number of aromatic nitrogens is 3. The summed E-state index contributed by atoms with van der Waals surface area (Å²) in [6.45, 7) is 0. The molecular formula is C16H13FN4O2. The van der Waals surface area contributed by atoms with Crippen LogP contribution in [0.25, 0.3) is 11.5 Å². The van der Waals surface area contributed by atoms with E-state index in [1.165, 1.54) is 12.1 Å². The molecule has 6 nitrogen and oxygen atoms in total. The van der Waals surface area contributed by atoms with Gasteiger partial charge in [0.25, 0.3) is 0 Å². The van der Waals surface area contributed by atoms with Crippen LogP contribution in [0.15, 0.2) is 53.2 Å². The molecule has 0 saturated heterocycles. The number of nitrogens with one attached hydrogen (secondary N) is 1. The predicted octanol–water partition coefficient (Wildman–Crippen LogP) is 2.84. The number of aryl methyl sites for hydroxylation is 1. The normalized spacial score (nSPS) is 10.5. The number of carbonyl (C=O) groups is 1. The van der Waals surface area contributed by atoms with Crippen LogP contribution in [0.5, 0.6) is 0 Å². The SMILES string of the molecule is O=C(CCc1nnc(-c2ccncc2)o1)Nc1ccccc1F. The predicted molar refractivity (Wildman–Crippen MR) is 80.9 cm³/mol. The summed E-state index contributed by atoms with van der Waals surface area (Å²) in [7, 11) is 0. The van der Waals surface area contributed by atoms with E-state index < -0.39 is 5.82 Å². The van der Waals surface area contributed by atoms with Crippen molar-refractivity contribution in [1.82, 2.24) is 15.2 Å². The molecule has 0 unspecified atom stereocenters. The maximum absolute atomic E-state index is 13.4. The van der Waals surface area contributed by atoms with Gasteiger partial charge in [0.05, 0.1) is 5.69 Å². The Balaban J connectivity index is 1.58. The number of halogens is 1. The summed E-state index contributed by atoms with van der Waals surface area (Å²) in [6.07, 6.45) is 3.65. The summed E-state index contributed by atoms with van der Waals surface area (Å²) in [4.78, 5) is 15.7. The molecule has 2 aromatic heterocycles. The molecule has 3 rings (SSSR count). The molecule has 0 saturated carbocycles. The smallest absolute Gasteiger partial charge is 0.247 e. The number of hydrogen-bond donors (Lipinski definition) is 1. The number of benzene rings is 1. The van der Waals surface area contributed by atoms with Crippen LogP contribution < -0.4 is 5.32 Å². The molecule has 1 N–H and O–H groups in total. The second-order valence-corrected chi connectivity index (χ2v) is 4.76. The van der Waals surface area contributed by atoms with E-state index in [9.17, 15) is 9.18 Å². The molecule has 3 aromatic rings. The fraction of sp³-hybridized carbons (Fsp3) is 0.125. The number of pyridine rings is 1. The van der Waals surface area contributed by atoms with E-state index in [1.807, 2.05) is 0 Å². The third kappa shape index (κ3) is 3.76. The van der Waals surface area contributed by atoms with Crippen LogP contribution in [0.1, 0.15) is 12.3 Å². The lowest BCUT2D eigenvalue weighted by atomic mass is 10.2. The maximum Gasteiger partial charge on any atom is 0.247 e. The first kappa shape index (κ1) is 14.8. The summed E-state index contributed by atoms with van der Waals surface area (Å²) in [5.74, 6) is -0.0743. The van der Waals surface area contributed by atoms with Crippen molar-refractivity contribution < 1.29 is 13.6 Å². The van der Waals surface area contributed by atoms with Gasteiger partial charge in [-0.05, 0) is 24.3 Å². The Morgan fingerprint density at radius 3 is 2.70 bits per heavy atom. The Labute approximate surface area is 131 Å². The van der Waals surface area contributed by atoms with Gasteiger partial charge in [0.2, 0.25) is 17.7 Å². The first-order valence-corrected chi connectivity index (χ1v) is 6.99. The van der Waals surface area contributed by atoms with E-state index in [0.29, 0.717) is 11.8 Å². The topological polar surface area (TPSA) is 80.9 Å². The van der Waals surface area contributed by atoms with Crippen LogP contribution in [-0.2, 0) is 11.2 Å². The van der Waals surface area contributed by atoms with Crippen LogP contribution >= 0.6 is 0 Å². The number of anilines is 1. The summed E-state index contributed by atoms with van der Waals surface area (Å²) >= 11 is 0. The highest BCUT2D eigenvalue weighted by Gasteiger charge is 2.11. The average molecular weight is 312 g/mol. The van der Waals surface area contributed by atoms with Crippen molar-refractivity contribution in [1.29, 1.82) is 0 Å². The third-order valence-electron chi connectivity index (χ3n) is 3.11. The molecule has 23 heavy (non-hydrogen) atoms. The first-order chi connectivity index (χ1) is 11.2. The number of carbonyl (C=O) groups excluding carboxylic acids is 1. The summed E-state index contributed by atoms with van der Waals surface area (Å²) < 4.78 is 18.9. The number of para-hydroxylation sites is 1. The fourth-order valence-corrected chi connectivity index (χ4v) is 1.96. The maximum atomic E-state index is 13.4. The molecular weight excluding hydrogens is 299 g/mol. The van der Waals surface area contributed by atoms with Gasteiger partial charge in [0.15, 0.2) is 0 Å². The minimum atomic E-state index is -0.474. The van der Waals surface area contributed by atoms with Crippen molar-refractivity contribution in [3.63, 3.8) is 0 Å². The van der Waals surface area contributed by atoms with Crippen molar-refractivity contribution in [3.05, 3.63) is 60.5 Å². The van der Waals surface area contributed by atoms with E-state index in [1.54, 1.807) is 36.7 Å². The first-order valence-electron chi connectivity index (χ1n) is 6.99. The zero-order chi connectivity index (χ0) is 16.1. The van der Waals surface area contributed by atoms with Gasteiger partial charge in [0, 0.05) is 30.8 Å². The van der Waals surface area contributed by atoms with Gasteiger partial charge < -0.3 is 9.73 Å². The van der Waals surface area contributed by atoms with Crippen LogP contribution in [0, 0.1) is 5.82 Å². The largest absolute Gasteiger partial charge is 0.421 e. The van der Waals surface area contributed by atoms with E-state index in [-0.39, 0.29) is 24.4 Å². The summed E-state index contributed by atoms with van der Waals surface area (Å²) in [5.41, 5.74) is 0.912. The molecule has 0 aliphatic rings. The number of nitrogens with zero attached hydrogens (tertiary/aromatic N) is 3. The van der Waals surface area contributed by atoms with Crippen molar-refractivity contribution in [2.75, 3.05) is 5.32 Å². The second-order valence-electron chi connectivity index (χ2n) is 4.76. The fourth-order valence-electron chi connectivity index (χ4n) is 1.96. The lowest BCUT2D eigenvalue weighted by molar-refractivity contribution is -0.116. The van der Waals surface area contributed by atoms with Crippen LogP contribution in [0.3, 0.4) is 0 Å². The molecule has 0 radical (unpaired) electrons. The highest BCUT2D eigenvalue weighted by atomic mass is 19.1. The lowest BCUT2D eigenvalue weighted by Crippen LogP contribution is -2.13. The van der Waals surface area contributed by atoms with E-state index in [0.717, 1.165) is 5.56 Å². The van der Waals surface area contributed by atoms with E-state index in [2.05, 4.69) is 20.5 Å². The van der Waals surface area contributed by atoms with Gasteiger partial charge in [-0.1, -0.05) is 12.1 Å². The Bertz CT molecular complexity index is 805. The second kappa shape index (κ2) is 6.78. The zero-order valence-electron chi connectivity index (χ0n) is 12.1. The summed E-state index contributed by atoms with van der Waals surface area (Å²) in [5, 5.41) is 10.3. The number of amides is 1. The molecule has 1 aromatic carbocycles. The average Bonchev–Trinajstić information content (AvgIpc) is 3.05. The standard InChI is InChI=1S/C16H13FN4O2/c17-12-3-1-2-4-13(12)19-14(22)5-6-15-20-21-16(23-15)11-7-9-18-10-8-11/h1-4,7-10H,5-6H2,(H,19,22). The van der Waals surface area contributed by atoms with Crippen LogP contribution in [0.4, 0.5) is 10.1 Å². The minimum Gasteiger partial charge on any atom is -0.421 e. The Morgan fingerprint density at radius 1 is 1.13 bits per heavy atom. The highest BCUT2D eigenvalue weighted by Crippen LogP contribution is 2.17. The zero-order valence-corrected chi connectivity index (χ0v) is 12.1. The quantitative estimate of drug-likeness (QED) is 0.783. The van der Waals surface area contributed by atoms with Gasteiger partial charge >= 0.3 is 0 Å².